The van der Waals surface area contributed by atoms with Gasteiger partial charge in [0.15, 0.2) is 0 Å². The number of hydrogen-bond donors (Lipinski definition) is 0. The van der Waals surface area contributed by atoms with Crippen LogP contribution >= 0.6 is 11.6 Å². The van der Waals surface area contributed by atoms with E-state index in [4.69, 9.17) is 11.6 Å². The molecule has 22 heavy (non-hydrogen) atoms. The predicted octanol–water partition coefficient (Wildman–Crippen LogP) is 3.69. The second-order valence-corrected chi connectivity index (χ2v) is 6.07. The predicted molar refractivity (Wildman–Crippen MR) is 90.6 cm³/mol. The normalized spacial score (nSPS) is 18.4. The van der Waals surface area contributed by atoms with Crippen LogP contribution in [0.1, 0.15) is 17.3 Å². The monoisotopic (exact) mass is 314 g/mol. The maximum atomic E-state index is 12.6. The molecule has 1 atom stereocenters. The molecule has 3 nitrogen and oxygen atoms in total. The molecular formula is C18H19ClN2O. The molecule has 3 rings (SSSR count). The standard InChI is InChI=1S/C18H19ClN2O/c1-14-13-20(18(22)15-7-9-16(19)10-8-15)11-12-21(14)17-5-3-2-4-6-17/h2-10,14H,11-13H2,1H3. The highest BCUT2D eigenvalue weighted by Gasteiger charge is 2.27. The highest BCUT2D eigenvalue weighted by atomic mass is 35.5. The molecule has 0 aromatic heterocycles. The van der Waals surface area contributed by atoms with E-state index in [0.29, 0.717) is 16.6 Å². The topological polar surface area (TPSA) is 23.6 Å². The van der Waals surface area contributed by atoms with Gasteiger partial charge < -0.3 is 9.80 Å². The van der Waals surface area contributed by atoms with Crippen molar-refractivity contribution in [2.45, 2.75) is 13.0 Å². The molecule has 0 N–H and O–H groups in total. The minimum Gasteiger partial charge on any atom is -0.365 e. The molecule has 1 saturated heterocycles. The highest BCUT2D eigenvalue weighted by Crippen LogP contribution is 2.21. The molecule has 1 amide bonds. The molecule has 1 heterocycles. The van der Waals surface area contributed by atoms with Crippen LogP contribution in [-0.2, 0) is 0 Å². The molecule has 1 unspecified atom stereocenters. The van der Waals surface area contributed by atoms with Gasteiger partial charge in [0.05, 0.1) is 0 Å². The number of carbonyl (C=O) groups excluding carboxylic acids is 1. The Morgan fingerprint density at radius 3 is 2.36 bits per heavy atom. The number of carbonyl (C=O) groups is 1. The summed E-state index contributed by atoms with van der Waals surface area (Å²) >= 11 is 5.88. The number of hydrogen-bond acceptors (Lipinski definition) is 2. The first-order valence-corrected chi connectivity index (χ1v) is 7.89. The molecule has 4 heteroatoms. The fraction of sp³-hybridized carbons (Fsp3) is 0.278. The second kappa shape index (κ2) is 6.41. The van der Waals surface area contributed by atoms with E-state index in [9.17, 15) is 4.79 Å². The molecule has 0 radical (unpaired) electrons. The van der Waals surface area contributed by atoms with Crippen molar-refractivity contribution in [1.29, 1.82) is 0 Å². The summed E-state index contributed by atoms with van der Waals surface area (Å²) in [5.41, 5.74) is 1.92. The van der Waals surface area contributed by atoms with Crippen LogP contribution in [0.2, 0.25) is 5.02 Å². The zero-order chi connectivity index (χ0) is 15.5. The van der Waals surface area contributed by atoms with Crippen LogP contribution in [-0.4, -0.2) is 36.5 Å². The van der Waals surface area contributed by atoms with Crippen molar-refractivity contribution in [2.24, 2.45) is 0 Å². The summed E-state index contributed by atoms with van der Waals surface area (Å²) in [5.74, 6) is 0.0798. The first kappa shape index (κ1) is 14.9. The number of para-hydroxylation sites is 1. The zero-order valence-corrected chi connectivity index (χ0v) is 13.3. The van der Waals surface area contributed by atoms with Gasteiger partial charge in [-0.2, -0.15) is 0 Å². The van der Waals surface area contributed by atoms with Crippen LogP contribution in [0.15, 0.2) is 54.6 Å². The Kier molecular flexibility index (Phi) is 4.34. The summed E-state index contributed by atoms with van der Waals surface area (Å²) in [6, 6.07) is 17.8. The Bertz CT molecular complexity index is 642. The number of rotatable bonds is 2. The van der Waals surface area contributed by atoms with Gasteiger partial charge in [0.25, 0.3) is 5.91 Å². The number of anilines is 1. The lowest BCUT2D eigenvalue weighted by Gasteiger charge is -2.41. The summed E-state index contributed by atoms with van der Waals surface area (Å²) < 4.78 is 0. The van der Waals surface area contributed by atoms with E-state index < -0.39 is 0 Å². The SMILES string of the molecule is CC1CN(C(=O)c2ccc(Cl)cc2)CCN1c1ccccc1. The number of amides is 1. The number of piperazine rings is 1. The molecule has 1 fully saturated rings. The smallest absolute Gasteiger partial charge is 0.253 e. The zero-order valence-electron chi connectivity index (χ0n) is 12.6. The van der Waals surface area contributed by atoms with Gasteiger partial charge in [-0.25, -0.2) is 0 Å². The van der Waals surface area contributed by atoms with Gasteiger partial charge in [-0.1, -0.05) is 29.8 Å². The maximum absolute atomic E-state index is 12.6. The van der Waals surface area contributed by atoms with Crippen molar-refractivity contribution in [3.63, 3.8) is 0 Å². The molecule has 1 aliphatic heterocycles. The number of benzene rings is 2. The Morgan fingerprint density at radius 2 is 1.73 bits per heavy atom. The average Bonchev–Trinajstić information content (AvgIpc) is 2.55. The highest BCUT2D eigenvalue weighted by molar-refractivity contribution is 6.30. The van der Waals surface area contributed by atoms with Crippen molar-refractivity contribution in [3.05, 3.63) is 65.2 Å². The third-order valence-electron chi connectivity index (χ3n) is 4.09. The van der Waals surface area contributed by atoms with Crippen LogP contribution in [0.25, 0.3) is 0 Å². The van der Waals surface area contributed by atoms with Gasteiger partial charge in [-0.15, -0.1) is 0 Å². The van der Waals surface area contributed by atoms with Crippen molar-refractivity contribution in [2.75, 3.05) is 24.5 Å². The van der Waals surface area contributed by atoms with Gasteiger partial charge in [0.1, 0.15) is 0 Å². The van der Waals surface area contributed by atoms with Crippen LogP contribution in [0.4, 0.5) is 5.69 Å². The third-order valence-corrected chi connectivity index (χ3v) is 4.35. The molecule has 0 spiro atoms. The summed E-state index contributed by atoms with van der Waals surface area (Å²) in [7, 11) is 0. The number of halogens is 1. The fourth-order valence-electron chi connectivity index (χ4n) is 2.92. The molecule has 1 aliphatic rings. The maximum Gasteiger partial charge on any atom is 0.253 e. The molecule has 0 bridgehead atoms. The molecule has 114 valence electrons. The van der Waals surface area contributed by atoms with E-state index in [2.05, 4.69) is 24.0 Å². The summed E-state index contributed by atoms with van der Waals surface area (Å²) in [5, 5.41) is 0.652. The van der Waals surface area contributed by atoms with Gasteiger partial charge in [-0.05, 0) is 43.3 Å². The molecule has 2 aromatic rings. The minimum atomic E-state index is 0.0798. The molecule has 0 saturated carbocycles. The van der Waals surface area contributed by atoms with Crippen LogP contribution in [0, 0.1) is 0 Å². The average molecular weight is 315 g/mol. The Hall–Kier alpha value is -2.00. The lowest BCUT2D eigenvalue weighted by Crippen LogP contribution is -2.53. The minimum absolute atomic E-state index is 0.0798. The van der Waals surface area contributed by atoms with Crippen LogP contribution in [0.5, 0.6) is 0 Å². The molecule has 2 aromatic carbocycles. The van der Waals surface area contributed by atoms with Gasteiger partial charge in [0, 0.05) is 41.9 Å². The summed E-state index contributed by atoms with van der Waals surface area (Å²) in [6.07, 6.45) is 0. The summed E-state index contributed by atoms with van der Waals surface area (Å²) in [6.45, 7) is 4.48. The quantitative estimate of drug-likeness (QED) is 0.844. The lowest BCUT2D eigenvalue weighted by atomic mass is 10.1. The summed E-state index contributed by atoms with van der Waals surface area (Å²) in [4.78, 5) is 16.8. The van der Waals surface area contributed by atoms with E-state index in [1.807, 2.05) is 23.1 Å². The van der Waals surface area contributed by atoms with Gasteiger partial charge in [-0.3, -0.25) is 4.79 Å². The van der Waals surface area contributed by atoms with Crippen molar-refractivity contribution in [1.82, 2.24) is 4.90 Å². The number of nitrogens with zero attached hydrogens (tertiary/aromatic N) is 2. The lowest BCUT2D eigenvalue weighted by molar-refractivity contribution is 0.0726. The Balaban J connectivity index is 1.69. The van der Waals surface area contributed by atoms with E-state index >= 15 is 0 Å². The van der Waals surface area contributed by atoms with Gasteiger partial charge in [0.2, 0.25) is 0 Å². The van der Waals surface area contributed by atoms with Crippen molar-refractivity contribution >= 4 is 23.2 Å². The van der Waals surface area contributed by atoms with Crippen LogP contribution < -0.4 is 4.90 Å². The first-order valence-electron chi connectivity index (χ1n) is 7.51. The van der Waals surface area contributed by atoms with Gasteiger partial charge >= 0.3 is 0 Å². The van der Waals surface area contributed by atoms with Crippen molar-refractivity contribution in [3.8, 4) is 0 Å². The van der Waals surface area contributed by atoms with E-state index in [0.717, 1.165) is 19.6 Å². The first-order chi connectivity index (χ1) is 10.6. The van der Waals surface area contributed by atoms with E-state index in [1.54, 1.807) is 24.3 Å². The third kappa shape index (κ3) is 3.09. The Morgan fingerprint density at radius 1 is 1.05 bits per heavy atom. The second-order valence-electron chi connectivity index (χ2n) is 5.64. The van der Waals surface area contributed by atoms with Crippen LogP contribution in [0.3, 0.4) is 0 Å². The van der Waals surface area contributed by atoms with Crippen molar-refractivity contribution < 1.29 is 4.79 Å². The molecular weight excluding hydrogens is 296 g/mol. The van der Waals surface area contributed by atoms with E-state index in [1.165, 1.54) is 5.69 Å². The largest absolute Gasteiger partial charge is 0.365 e. The fourth-order valence-corrected chi connectivity index (χ4v) is 3.05. The van der Waals surface area contributed by atoms with E-state index in [-0.39, 0.29) is 5.91 Å². The molecule has 0 aliphatic carbocycles. The Labute approximate surface area is 136 Å².